The fourth-order valence-electron chi connectivity index (χ4n) is 2.47. The van der Waals surface area contributed by atoms with Gasteiger partial charge in [-0.15, -0.1) is 0 Å². The zero-order valence-corrected chi connectivity index (χ0v) is 12.6. The number of rotatable bonds is 5. The van der Waals surface area contributed by atoms with Crippen LogP contribution in [0.5, 0.6) is 0 Å². The molecule has 0 saturated carbocycles. The van der Waals surface area contributed by atoms with Crippen molar-refractivity contribution in [1.29, 1.82) is 5.26 Å². The minimum absolute atomic E-state index is 0.237. The molecule has 22 heavy (non-hydrogen) atoms. The molecule has 1 heterocycles. The van der Waals surface area contributed by atoms with Crippen LogP contribution in [0.3, 0.4) is 0 Å². The van der Waals surface area contributed by atoms with Gasteiger partial charge in [0.15, 0.2) is 6.19 Å². The van der Waals surface area contributed by atoms with Gasteiger partial charge in [0.1, 0.15) is 12.1 Å². The first kappa shape index (κ1) is 15.8. The van der Waals surface area contributed by atoms with Crippen molar-refractivity contribution in [3.8, 4) is 6.19 Å². The van der Waals surface area contributed by atoms with E-state index in [0.717, 1.165) is 12.0 Å². The molecule has 6 heteroatoms. The minimum Gasteiger partial charge on any atom is -0.350 e. The maximum absolute atomic E-state index is 12.1. The van der Waals surface area contributed by atoms with Gasteiger partial charge in [0.2, 0.25) is 11.8 Å². The van der Waals surface area contributed by atoms with Crippen molar-refractivity contribution in [1.82, 2.24) is 15.5 Å². The molecule has 2 rings (SSSR count). The van der Waals surface area contributed by atoms with Crippen LogP contribution < -0.4 is 10.6 Å². The standard InChI is InChI=1S/C16H20N4O2/c1-12(15(21)18-10-13-6-3-2-4-7-13)19-16(22)14-8-5-9-20(14)11-17/h2-4,6-7,12,14H,5,8-10H2,1H3,(H,18,21)(H,19,22)/t12-,14+/m0/s1. The molecule has 2 atom stereocenters. The van der Waals surface area contributed by atoms with E-state index in [0.29, 0.717) is 19.5 Å². The van der Waals surface area contributed by atoms with Crippen LogP contribution in [-0.4, -0.2) is 35.3 Å². The number of likely N-dealkylation sites (tertiary alicyclic amines) is 1. The van der Waals surface area contributed by atoms with Gasteiger partial charge < -0.3 is 10.6 Å². The predicted octanol–water partition coefficient (Wildman–Crippen LogP) is 0.753. The molecule has 116 valence electrons. The van der Waals surface area contributed by atoms with E-state index in [1.807, 2.05) is 36.5 Å². The van der Waals surface area contributed by atoms with E-state index in [9.17, 15) is 9.59 Å². The quantitative estimate of drug-likeness (QED) is 0.786. The first-order valence-corrected chi connectivity index (χ1v) is 7.40. The van der Waals surface area contributed by atoms with Crippen molar-refractivity contribution in [2.45, 2.75) is 38.4 Å². The topological polar surface area (TPSA) is 85.2 Å². The Kier molecular flexibility index (Phi) is 5.37. The largest absolute Gasteiger partial charge is 0.350 e. The third kappa shape index (κ3) is 3.98. The third-order valence-corrected chi connectivity index (χ3v) is 3.75. The van der Waals surface area contributed by atoms with Gasteiger partial charge >= 0.3 is 0 Å². The lowest BCUT2D eigenvalue weighted by molar-refractivity contribution is -0.130. The summed E-state index contributed by atoms with van der Waals surface area (Å²) in [6.07, 6.45) is 3.49. The normalized spacial score (nSPS) is 18.4. The highest BCUT2D eigenvalue weighted by molar-refractivity contribution is 5.89. The van der Waals surface area contributed by atoms with Gasteiger partial charge in [-0.1, -0.05) is 30.3 Å². The average Bonchev–Trinajstić information content (AvgIpc) is 3.02. The predicted molar refractivity (Wildman–Crippen MR) is 81.2 cm³/mol. The molecule has 0 spiro atoms. The smallest absolute Gasteiger partial charge is 0.244 e. The summed E-state index contributed by atoms with van der Waals surface area (Å²) >= 11 is 0. The molecule has 0 aromatic heterocycles. The summed E-state index contributed by atoms with van der Waals surface area (Å²) in [5.74, 6) is -0.500. The molecule has 1 fully saturated rings. The molecule has 6 nitrogen and oxygen atoms in total. The average molecular weight is 300 g/mol. The van der Waals surface area contributed by atoms with E-state index in [1.165, 1.54) is 4.90 Å². The zero-order valence-electron chi connectivity index (χ0n) is 12.6. The first-order valence-electron chi connectivity index (χ1n) is 7.40. The van der Waals surface area contributed by atoms with Gasteiger partial charge in [0, 0.05) is 13.1 Å². The Morgan fingerprint density at radius 3 is 2.82 bits per heavy atom. The highest BCUT2D eigenvalue weighted by Crippen LogP contribution is 2.15. The summed E-state index contributed by atoms with van der Waals surface area (Å²) in [5, 5.41) is 14.4. The molecular formula is C16H20N4O2. The number of amides is 2. The molecule has 1 aliphatic heterocycles. The second kappa shape index (κ2) is 7.46. The van der Waals surface area contributed by atoms with Crippen LogP contribution in [0.1, 0.15) is 25.3 Å². The van der Waals surface area contributed by atoms with Gasteiger partial charge in [-0.25, -0.2) is 0 Å². The fourth-order valence-corrected chi connectivity index (χ4v) is 2.47. The Bertz CT molecular complexity index is 567. The van der Waals surface area contributed by atoms with Crippen molar-refractivity contribution < 1.29 is 9.59 Å². The number of benzene rings is 1. The van der Waals surface area contributed by atoms with Gasteiger partial charge in [0.25, 0.3) is 0 Å². The molecule has 0 aliphatic carbocycles. The molecule has 0 radical (unpaired) electrons. The highest BCUT2D eigenvalue weighted by atomic mass is 16.2. The van der Waals surface area contributed by atoms with E-state index in [1.54, 1.807) is 6.92 Å². The van der Waals surface area contributed by atoms with Crippen LogP contribution in [0.4, 0.5) is 0 Å². The van der Waals surface area contributed by atoms with Crippen LogP contribution in [0.15, 0.2) is 30.3 Å². The lowest BCUT2D eigenvalue weighted by atomic mass is 10.2. The van der Waals surface area contributed by atoms with Crippen LogP contribution >= 0.6 is 0 Å². The molecule has 1 aromatic rings. The fraction of sp³-hybridized carbons (Fsp3) is 0.438. The van der Waals surface area contributed by atoms with Crippen molar-refractivity contribution in [2.24, 2.45) is 0 Å². The Balaban J connectivity index is 1.81. The molecule has 2 amide bonds. The maximum atomic E-state index is 12.1. The number of hydrogen-bond donors (Lipinski definition) is 2. The Labute approximate surface area is 130 Å². The van der Waals surface area contributed by atoms with Crippen LogP contribution in [0, 0.1) is 11.5 Å². The minimum atomic E-state index is -0.627. The van der Waals surface area contributed by atoms with E-state index >= 15 is 0 Å². The lowest BCUT2D eigenvalue weighted by Crippen LogP contribution is -2.50. The molecule has 1 saturated heterocycles. The number of nitriles is 1. The Hall–Kier alpha value is -2.55. The van der Waals surface area contributed by atoms with E-state index in [2.05, 4.69) is 10.6 Å². The number of carbonyl (C=O) groups excluding carboxylic acids is 2. The monoisotopic (exact) mass is 300 g/mol. The van der Waals surface area contributed by atoms with Gasteiger partial charge in [-0.2, -0.15) is 5.26 Å². The van der Waals surface area contributed by atoms with Crippen molar-refractivity contribution in [3.63, 3.8) is 0 Å². The van der Waals surface area contributed by atoms with Gasteiger partial charge in [-0.3, -0.25) is 14.5 Å². The SMILES string of the molecule is C[C@H](NC(=O)[C@H]1CCCN1C#N)C(=O)NCc1ccccc1. The second-order valence-electron chi connectivity index (χ2n) is 5.39. The lowest BCUT2D eigenvalue weighted by Gasteiger charge is -2.20. The maximum Gasteiger partial charge on any atom is 0.244 e. The highest BCUT2D eigenvalue weighted by Gasteiger charge is 2.31. The van der Waals surface area contributed by atoms with Crippen molar-refractivity contribution in [2.75, 3.05) is 6.54 Å². The number of nitrogens with one attached hydrogen (secondary N) is 2. The van der Waals surface area contributed by atoms with E-state index in [-0.39, 0.29) is 11.8 Å². The number of carbonyl (C=O) groups is 2. The summed E-state index contributed by atoms with van der Waals surface area (Å²) in [6, 6.07) is 8.50. The second-order valence-corrected chi connectivity index (χ2v) is 5.39. The number of hydrogen-bond acceptors (Lipinski definition) is 4. The summed E-state index contributed by atoms with van der Waals surface area (Å²) in [5.41, 5.74) is 1.00. The molecule has 0 unspecified atom stereocenters. The molecular weight excluding hydrogens is 280 g/mol. The number of nitrogens with zero attached hydrogens (tertiary/aromatic N) is 2. The van der Waals surface area contributed by atoms with Crippen LogP contribution in [0.2, 0.25) is 0 Å². The zero-order chi connectivity index (χ0) is 15.9. The van der Waals surface area contributed by atoms with E-state index < -0.39 is 12.1 Å². The molecule has 0 bridgehead atoms. The summed E-state index contributed by atoms with van der Waals surface area (Å²) in [6.45, 7) is 2.67. The van der Waals surface area contributed by atoms with Gasteiger partial charge in [-0.05, 0) is 25.3 Å². The van der Waals surface area contributed by atoms with Gasteiger partial charge in [0.05, 0.1) is 0 Å². The van der Waals surface area contributed by atoms with Crippen molar-refractivity contribution >= 4 is 11.8 Å². The Morgan fingerprint density at radius 2 is 2.14 bits per heavy atom. The van der Waals surface area contributed by atoms with Crippen molar-refractivity contribution in [3.05, 3.63) is 35.9 Å². The van der Waals surface area contributed by atoms with Crippen LogP contribution in [0.25, 0.3) is 0 Å². The summed E-state index contributed by atoms with van der Waals surface area (Å²) in [7, 11) is 0. The summed E-state index contributed by atoms with van der Waals surface area (Å²) in [4.78, 5) is 25.6. The Morgan fingerprint density at radius 1 is 1.41 bits per heavy atom. The third-order valence-electron chi connectivity index (χ3n) is 3.75. The molecule has 2 N–H and O–H groups in total. The van der Waals surface area contributed by atoms with E-state index in [4.69, 9.17) is 5.26 Å². The summed E-state index contributed by atoms with van der Waals surface area (Å²) < 4.78 is 0. The molecule has 1 aromatic carbocycles. The molecule has 1 aliphatic rings. The van der Waals surface area contributed by atoms with Crippen LogP contribution in [-0.2, 0) is 16.1 Å². The first-order chi connectivity index (χ1) is 10.6.